The summed E-state index contributed by atoms with van der Waals surface area (Å²) in [6.07, 6.45) is 5.05. The van der Waals surface area contributed by atoms with E-state index in [-0.39, 0.29) is 35.3 Å². The number of para-hydroxylation sites is 1. The fraction of sp³-hybridized carbons (Fsp3) is 0.472. The smallest absolute Gasteiger partial charge is 0.306 e. The second-order valence-corrected chi connectivity index (χ2v) is 15.0. The molecule has 8 rings (SSSR count). The van der Waals surface area contributed by atoms with E-state index in [2.05, 4.69) is 54.5 Å². The van der Waals surface area contributed by atoms with Crippen LogP contribution in [0.4, 0.5) is 0 Å². The fourth-order valence-electron chi connectivity index (χ4n) is 7.66. The van der Waals surface area contributed by atoms with Crippen molar-refractivity contribution in [2.75, 3.05) is 13.2 Å². The first kappa shape index (κ1) is 30.9. The summed E-state index contributed by atoms with van der Waals surface area (Å²) in [5.74, 6) is 0.319. The molecule has 8 bridgehead atoms. The molecular weight excluding hydrogens is 600 g/mol. The lowest BCUT2D eigenvalue weighted by Gasteiger charge is -2.30. The molecule has 46 heavy (non-hydrogen) atoms. The topological polar surface area (TPSA) is 104 Å². The number of nitrogens with zero attached hydrogens (tertiary/aromatic N) is 4. The van der Waals surface area contributed by atoms with E-state index < -0.39 is 10.0 Å². The Morgan fingerprint density at radius 1 is 1.04 bits per heavy atom. The molecule has 0 N–H and O–H groups in total. The SMILES string of the molecule is CCOC(=O)CC1c2ccc3c(c2)C(CC3)N2CC(CCCC(C)CCn3nnc4c(C)c1ccc43)Oc1ccccc1S2(=O)=O. The van der Waals surface area contributed by atoms with E-state index in [1.807, 2.05) is 17.7 Å². The van der Waals surface area contributed by atoms with Gasteiger partial charge in [-0.05, 0) is 97.9 Å². The van der Waals surface area contributed by atoms with Gasteiger partial charge in [-0.2, -0.15) is 4.31 Å². The van der Waals surface area contributed by atoms with Crippen molar-refractivity contribution in [3.8, 4) is 5.75 Å². The number of aryl methyl sites for hydroxylation is 3. The minimum Gasteiger partial charge on any atom is -0.488 e. The zero-order valence-corrected chi connectivity index (χ0v) is 27.6. The van der Waals surface area contributed by atoms with Gasteiger partial charge in [0.15, 0.2) is 0 Å². The van der Waals surface area contributed by atoms with Crippen molar-refractivity contribution in [1.29, 1.82) is 0 Å². The first-order valence-corrected chi connectivity index (χ1v) is 18.1. The normalized spacial score (nSPS) is 25.6. The molecule has 1 aliphatic carbocycles. The van der Waals surface area contributed by atoms with E-state index in [9.17, 15) is 13.2 Å². The quantitative estimate of drug-likeness (QED) is 0.236. The summed E-state index contributed by atoms with van der Waals surface area (Å²) >= 11 is 0. The third-order valence-electron chi connectivity index (χ3n) is 10.2. The van der Waals surface area contributed by atoms with Crippen LogP contribution in [0.3, 0.4) is 0 Å². The van der Waals surface area contributed by atoms with E-state index in [0.29, 0.717) is 31.2 Å². The number of benzene rings is 3. The Hall–Kier alpha value is -3.76. The van der Waals surface area contributed by atoms with Crippen molar-refractivity contribution in [3.05, 3.63) is 82.4 Å². The van der Waals surface area contributed by atoms with Gasteiger partial charge in [0.25, 0.3) is 0 Å². The number of aromatic nitrogens is 3. The van der Waals surface area contributed by atoms with Gasteiger partial charge in [0, 0.05) is 12.5 Å². The average molecular weight is 643 g/mol. The van der Waals surface area contributed by atoms with E-state index in [4.69, 9.17) is 9.47 Å². The van der Waals surface area contributed by atoms with E-state index >= 15 is 0 Å². The Bertz CT molecular complexity index is 1890. The molecule has 242 valence electrons. The summed E-state index contributed by atoms with van der Waals surface area (Å²) < 4.78 is 44.4. The Balaban J connectivity index is 1.38. The standard InChI is InChI=1S/C36H42N4O5S/c1-4-44-35(41)21-29-26-13-12-25-14-16-31(30(25)20-26)40-22-27(45-33-10-5-6-11-34(33)46(40,42)43)9-7-8-23(2)18-19-39-32-17-15-28(29)24(3)36(32)37-38-39/h5-6,10-13,15,17,20,23,27,29,31H,4,7-9,14,16,18-19,21-22H2,1-3H3. The van der Waals surface area contributed by atoms with E-state index in [1.165, 1.54) is 0 Å². The minimum absolute atomic E-state index is 0.167. The third kappa shape index (κ3) is 5.59. The molecule has 0 radical (unpaired) electrons. The molecule has 0 spiro atoms. The number of sulfonamides is 1. The van der Waals surface area contributed by atoms with Gasteiger partial charge in [0.1, 0.15) is 22.3 Å². The monoisotopic (exact) mass is 642 g/mol. The highest BCUT2D eigenvalue weighted by atomic mass is 32.2. The van der Waals surface area contributed by atoms with Gasteiger partial charge in [-0.3, -0.25) is 4.79 Å². The zero-order chi connectivity index (χ0) is 32.0. The molecule has 0 amide bonds. The summed E-state index contributed by atoms with van der Waals surface area (Å²) in [7, 11) is -3.84. The van der Waals surface area contributed by atoms with Gasteiger partial charge in [0.2, 0.25) is 10.0 Å². The number of carbonyl (C=O) groups excluding carboxylic acids is 1. The van der Waals surface area contributed by atoms with Crippen LogP contribution in [0.5, 0.6) is 5.75 Å². The second-order valence-electron chi connectivity index (χ2n) is 13.1. The molecule has 1 aromatic heterocycles. The number of carbonyl (C=O) groups is 1. The maximum absolute atomic E-state index is 14.4. The van der Waals surface area contributed by atoms with Gasteiger partial charge in [-0.25, -0.2) is 13.1 Å². The summed E-state index contributed by atoms with van der Waals surface area (Å²) in [6, 6.07) is 17.2. The Kier molecular flexibility index (Phi) is 8.35. The van der Waals surface area contributed by atoms with Crippen molar-refractivity contribution in [2.45, 2.75) is 95.2 Å². The van der Waals surface area contributed by atoms with Crippen molar-refractivity contribution in [2.24, 2.45) is 5.92 Å². The second kappa shape index (κ2) is 12.4. The lowest BCUT2D eigenvalue weighted by molar-refractivity contribution is -0.143. The molecule has 10 heteroatoms. The van der Waals surface area contributed by atoms with Crippen LogP contribution in [0, 0.1) is 12.8 Å². The third-order valence-corrected chi connectivity index (χ3v) is 12.1. The number of hydrogen-bond donors (Lipinski definition) is 0. The summed E-state index contributed by atoms with van der Waals surface area (Å²) in [6.45, 7) is 7.49. The highest BCUT2D eigenvalue weighted by Crippen LogP contribution is 2.44. The van der Waals surface area contributed by atoms with Crippen molar-refractivity contribution in [1.82, 2.24) is 19.3 Å². The highest BCUT2D eigenvalue weighted by molar-refractivity contribution is 7.89. The predicted molar refractivity (Wildman–Crippen MR) is 175 cm³/mol. The maximum atomic E-state index is 14.4. The number of hydrogen-bond acceptors (Lipinski definition) is 7. The Morgan fingerprint density at radius 3 is 2.74 bits per heavy atom. The molecule has 5 atom stereocenters. The fourth-order valence-corrected chi connectivity index (χ4v) is 9.45. The van der Waals surface area contributed by atoms with Gasteiger partial charge < -0.3 is 9.47 Å². The number of esters is 1. The molecule has 3 aliphatic heterocycles. The lowest BCUT2D eigenvalue weighted by atomic mass is 9.84. The zero-order valence-electron chi connectivity index (χ0n) is 26.8. The Morgan fingerprint density at radius 2 is 1.89 bits per heavy atom. The van der Waals surface area contributed by atoms with Gasteiger partial charge in [-0.1, -0.05) is 55.0 Å². The molecule has 3 aromatic carbocycles. The van der Waals surface area contributed by atoms with Crippen LogP contribution in [0.1, 0.15) is 92.1 Å². The van der Waals surface area contributed by atoms with Crippen LogP contribution >= 0.6 is 0 Å². The molecule has 4 heterocycles. The number of fused-ring (bicyclic) bond motifs is 7. The first-order chi connectivity index (χ1) is 22.2. The Labute approximate surface area is 270 Å². The minimum atomic E-state index is -3.84. The van der Waals surface area contributed by atoms with Crippen LogP contribution in [-0.2, 0) is 32.5 Å². The van der Waals surface area contributed by atoms with Crippen LogP contribution in [0.25, 0.3) is 11.0 Å². The van der Waals surface area contributed by atoms with Gasteiger partial charge in [-0.15, -0.1) is 5.10 Å². The summed E-state index contributed by atoms with van der Waals surface area (Å²) in [4.78, 5) is 13.3. The molecular formula is C36H42N4O5S. The van der Waals surface area contributed by atoms with Crippen LogP contribution in [0.2, 0.25) is 0 Å². The van der Waals surface area contributed by atoms with Crippen molar-refractivity contribution < 1.29 is 22.7 Å². The van der Waals surface area contributed by atoms with Gasteiger partial charge >= 0.3 is 5.97 Å². The molecule has 0 saturated carbocycles. The number of rotatable bonds is 3. The van der Waals surface area contributed by atoms with Crippen LogP contribution < -0.4 is 4.74 Å². The molecule has 4 aliphatic rings. The van der Waals surface area contributed by atoms with E-state index in [1.54, 1.807) is 22.5 Å². The highest BCUT2D eigenvalue weighted by Gasteiger charge is 2.42. The van der Waals surface area contributed by atoms with E-state index in [0.717, 1.165) is 77.5 Å². The average Bonchev–Trinajstić information content (AvgIpc) is 3.63. The summed E-state index contributed by atoms with van der Waals surface area (Å²) in [5, 5.41) is 9.13. The van der Waals surface area contributed by atoms with Gasteiger partial charge in [0.05, 0.1) is 31.1 Å². The van der Waals surface area contributed by atoms with Crippen molar-refractivity contribution >= 4 is 27.0 Å². The molecule has 0 fully saturated rings. The predicted octanol–water partition coefficient (Wildman–Crippen LogP) is 6.47. The van der Waals surface area contributed by atoms with Crippen LogP contribution in [0.15, 0.2) is 59.5 Å². The molecule has 9 nitrogen and oxygen atoms in total. The molecule has 4 aromatic rings. The first-order valence-electron chi connectivity index (χ1n) is 16.6. The molecule has 5 unspecified atom stereocenters. The van der Waals surface area contributed by atoms with Crippen LogP contribution in [-0.4, -0.2) is 52.9 Å². The largest absolute Gasteiger partial charge is 0.488 e. The summed E-state index contributed by atoms with van der Waals surface area (Å²) in [5.41, 5.74) is 6.93. The lowest BCUT2D eigenvalue weighted by Crippen LogP contribution is -2.39. The maximum Gasteiger partial charge on any atom is 0.306 e. The van der Waals surface area contributed by atoms with Crippen molar-refractivity contribution in [3.63, 3.8) is 0 Å². The molecule has 0 saturated heterocycles. The number of ether oxygens (including phenoxy) is 2.